The first-order chi connectivity index (χ1) is 17.7. The molecule has 1 atom stereocenters. The number of carboxylic acids is 1. The Bertz CT molecular complexity index is 1360. The molecule has 11 nitrogen and oxygen atoms in total. The molecule has 1 fully saturated rings. The molecular formula is C25H31N7O4S. The highest BCUT2D eigenvalue weighted by Crippen LogP contribution is 2.36. The third-order valence-corrected chi connectivity index (χ3v) is 7.56. The van der Waals surface area contributed by atoms with Crippen LogP contribution in [0.25, 0.3) is 11.0 Å². The van der Waals surface area contributed by atoms with Crippen molar-refractivity contribution in [3.05, 3.63) is 57.6 Å². The molecule has 196 valence electrons. The second kappa shape index (κ2) is 11.1. The molecule has 12 heteroatoms. The van der Waals surface area contributed by atoms with Gasteiger partial charge in [0.05, 0.1) is 17.1 Å². The number of carbonyl (C=O) groups is 2. The van der Waals surface area contributed by atoms with Gasteiger partial charge in [-0.2, -0.15) is 0 Å². The number of nitrogens with two attached hydrogens (primary N) is 1. The molecule has 0 amide bonds. The Hall–Kier alpha value is -3.80. The highest BCUT2D eigenvalue weighted by Gasteiger charge is 2.34. The molecule has 0 radical (unpaired) electrons. The molecule has 4 heterocycles. The predicted molar refractivity (Wildman–Crippen MR) is 146 cm³/mol. The third kappa shape index (κ3) is 5.48. The summed E-state index contributed by atoms with van der Waals surface area (Å²) in [5, 5.41) is 14.7. The number of carboxylic acid groups (broad SMARTS) is 1. The molecule has 0 bridgehead atoms. The Kier molecular flexibility index (Phi) is 7.86. The standard InChI is InChI=1S/C25H31N7O4S/c1-15-11-20(31-12-16(13-31)18(33)5-4-6-19(26)28-8-7-27-2)29-23-21(15)22(34)17(24(35)36)14-32(23)25-30(3)9-10-37-25/h7-11,14,16,25,27H,4-6,12-13H2,1-3H3,(H2,26,28)(H,35,36)/b8-7-. The summed E-state index contributed by atoms with van der Waals surface area (Å²) >= 11 is 1.49. The number of ketones is 1. The van der Waals surface area contributed by atoms with Gasteiger partial charge in [-0.1, -0.05) is 11.8 Å². The summed E-state index contributed by atoms with van der Waals surface area (Å²) in [6.07, 6.45) is 8.16. The Balaban J connectivity index is 1.51. The average molecular weight is 526 g/mol. The predicted octanol–water partition coefficient (Wildman–Crippen LogP) is 2.23. The van der Waals surface area contributed by atoms with E-state index in [4.69, 9.17) is 10.7 Å². The van der Waals surface area contributed by atoms with E-state index in [1.54, 1.807) is 37.0 Å². The molecule has 1 saturated heterocycles. The van der Waals surface area contributed by atoms with E-state index in [-0.39, 0.29) is 22.8 Å². The topological polar surface area (TPSA) is 146 Å². The number of hydrogen-bond donors (Lipinski definition) is 3. The van der Waals surface area contributed by atoms with Crippen molar-refractivity contribution in [2.24, 2.45) is 16.6 Å². The first-order valence-corrected chi connectivity index (χ1v) is 12.9. The number of aryl methyl sites for hydroxylation is 1. The van der Waals surface area contributed by atoms with E-state index in [0.29, 0.717) is 60.6 Å². The van der Waals surface area contributed by atoms with Crippen LogP contribution in [-0.2, 0) is 4.79 Å². The van der Waals surface area contributed by atoms with Crippen molar-refractivity contribution in [3.63, 3.8) is 0 Å². The smallest absolute Gasteiger partial charge is 0.341 e. The van der Waals surface area contributed by atoms with Crippen molar-refractivity contribution in [1.29, 1.82) is 0 Å². The Morgan fingerprint density at radius 2 is 2.11 bits per heavy atom. The quantitative estimate of drug-likeness (QED) is 0.312. The summed E-state index contributed by atoms with van der Waals surface area (Å²) in [5.74, 6) is -0.0162. The number of aromatic nitrogens is 2. The average Bonchev–Trinajstić information content (AvgIpc) is 3.23. The number of amidine groups is 1. The lowest BCUT2D eigenvalue weighted by molar-refractivity contribution is -0.123. The summed E-state index contributed by atoms with van der Waals surface area (Å²) in [5.41, 5.74) is 5.84. The maximum Gasteiger partial charge on any atom is 0.341 e. The SMILES string of the molecule is CN/C=C\N=C(/N)CCCC(=O)C1CN(c2cc(C)c3c(=O)c(C(=O)O)cn(C4SC=CN4C)c3n2)C1. The van der Waals surface area contributed by atoms with Crippen molar-refractivity contribution < 1.29 is 14.7 Å². The second-order valence-corrected chi connectivity index (χ2v) is 10.1. The van der Waals surface area contributed by atoms with Gasteiger partial charge < -0.3 is 30.5 Å². The zero-order chi connectivity index (χ0) is 26.7. The van der Waals surface area contributed by atoms with Gasteiger partial charge in [0.25, 0.3) is 0 Å². The first kappa shape index (κ1) is 26.3. The summed E-state index contributed by atoms with van der Waals surface area (Å²) in [6.45, 7) is 2.87. The Morgan fingerprint density at radius 3 is 2.76 bits per heavy atom. The maximum atomic E-state index is 13.0. The first-order valence-electron chi connectivity index (χ1n) is 12.0. The normalized spacial score (nSPS) is 18.1. The zero-order valence-electron chi connectivity index (χ0n) is 21.0. The highest BCUT2D eigenvalue weighted by molar-refractivity contribution is 8.02. The van der Waals surface area contributed by atoms with Crippen molar-refractivity contribution in [2.45, 2.75) is 31.7 Å². The van der Waals surface area contributed by atoms with Crippen LogP contribution in [0.1, 0.15) is 40.7 Å². The van der Waals surface area contributed by atoms with E-state index >= 15 is 0 Å². The van der Waals surface area contributed by atoms with E-state index in [1.807, 2.05) is 28.5 Å². The number of nitrogens with zero attached hydrogens (tertiary/aromatic N) is 5. The number of fused-ring (bicyclic) bond motifs is 1. The van der Waals surface area contributed by atoms with Gasteiger partial charge >= 0.3 is 5.97 Å². The molecule has 0 saturated carbocycles. The number of nitrogens with one attached hydrogen (secondary N) is 1. The minimum Gasteiger partial charge on any atom is -0.477 e. The van der Waals surface area contributed by atoms with E-state index in [2.05, 4.69) is 10.3 Å². The monoisotopic (exact) mass is 525 g/mol. The molecule has 2 aliphatic heterocycles. The van der Waals surface area contributed by atoms with Crippen molar-refractivity contribution >= 4 is 46.2 Å². The minimum absolute atomic E-state index is 0.0857. The highest BCUT2D eigenvalue weighted by atomic mass is 32.2. The molecule has 2 aromatic heterocycles. The van der Waals surface area contributed by atoms with E-state index < -0.39 is 11.4 Å². The molecule has 4 rings (SSSR count). The van der Waals surface area contributed by atoms with Crippen LogP contribution in [0.3, 0.4) is 0 Å². The van der Waals surface area contributed by atoms with Crippen LogP contribution in [0.5, 0.6) is 0 Å². The van der Waals surface area contributed by atoms with E-state index in [9.17, 15) is 19.5 Å². The molecule has 2 aromatic rings. The fourth-order valence-electron chi connectivity index (χ4n) is 4.40. The van der Waals surface area contributed by atoms with Gasteiger partial charge in [-0.15, -0.1) is 0 Å². The van der Waals surface area contributed by atoms with Crippen LogP contribution in [0.15, 0.2) is 46.1 Å². The second-order valence-electron chi connectivity index (χ2n) is 9.14. The van der Waals surface area contributed by atoms with Crippen molar-refractivity contribution in [1.82, 2.24) is 19.8 Å². The number of aromatic carboxylic acids is 1. The van der Waals surface area contributed by atoms with Gasteiger partial charge in [0.15, 0.2) is 5.50 Å². The van der Waals surface area contributed by atoms with Crippen LogP contribution in [-0.4, -0.2) is 64.3 Å². The molecule has 1 unspecified atom stereocenters. The van der Waals surface area contributed by atoms with Crippen LogP contribution >= 0.6 is 11.8 Å². The number of anilines is 1. The van der Waals surface area contributed by atoms with Crippen LogP contribution in [0, 0.1) is 12.8 Å². The largest absolute Gasteiger partial charge is 0.477 e. The summed E-state index contributed by atoms with van der Waals surface area (Å²) in [6, 6.07) is 1.79. The van der Waals surface area contributed by atoms with E-state index in [0.717, 1.165) is 0 Å². The molecule has 0 aromatic carbocycles. The number of Topliss-reactive ketones (excluding diaryl/α,β-unsaturated/α-hetero) is 1. The number of rotatable bonds is 10. The van der Waals surface area contributed by atoms with Gasteiger partial charge in [0.1, 0.15) is 22.8 Å². The van der Waals surface area contributed by atoms with Gasteiger partial charge in [-0.05, 0) is 30.4 Å². The van der Waals surface area contributed by atoms with E-state index in [1.165, 1.54) is 18.0 Å². The summed E-state index contributed by atoms with van der Waals surface area (Å²) in [4.78, 5) is 50.3. The number of thioether (sulfide) groups is 1. The van der Waals surface area contributed by atoms with Crippen LogP contribution < -0.4 is 21.4 Å². The lowest BCUT2D eigenvalue weighted by atomic mass is 9.92. The lowest BCUT2D eigenvalue weighted by Crippen LogP contribution is -2.51. The third-order valence-electron chi connectivity index (χ3n) is 6.48. The Morgan fingerprint density at radius 1 is 1.35 bits per heavy atom. The Labute approximate surface area is 218 Å². The summed E-state index contributed by atoms with van der Waals surface area (Å²) in [7, 11) is 3.66. The van der Waals surface area contributed by atoms with Gasteiger partial charge in [-0.25, -0.2) is 14.8 Å². The number of carbonyl (C=O) groups excluding carboxylic acids is 1. The van der Waals surface area contributed by atoms with Gasteiger partial charge in [0.2, 0.25) is 5.43 Å². The number of pyridine rings is 2. The molecule has 0 aliphatic carbocycles. The zero-order valence-corrected chi connectivity index (χ0v) is 21.9. The minimum atomic E-state index is -1.27. The fraction of sp³-hybridized carbons (Fsp3) is 0.400. The van der Waals surface area contributed by atoms with Gasteiger partial charge in [0, 0.05) is 64.8 Å². The van der Waals surface area contributed by atoms with Crippen LogP contribution in [0.4, 0.5) is 5.82 Å². The number of aliphatic imine (C=N–C) groups is 1. The summed E-state index contributed by atoms with van der Waals surface area (Å²) < 4.78 is 1.74. The molecule has 4 N–H and O–H groups in total. The van der Waals surface area contributed by atoms with Crippen molar-refractivity contribution in [3.8, 4) is 0 Å². The molecular weight excluding hydrogens is 494 g/mol. The fourth-order valence-corrected chi connectivity index (χ4v) is 5.36. The number of hydrogen-bond acceptors (Lipinski definition) is 9. The van der Waals surface area contributed by atoms with Gasteiger partial charge in [-0.3, -0.25) is 9.59 Å². The van der Waals surface area contributed by atoms with Crippen LogP contribution in [0.2, 0.25) is 0 Å². The lowest BCUT2D eigenvalue weighted by Gasteiger charge is -2.39. The molecule has 37 heavy (non-hydrogen) atoms. The molecule has 2 aliphatic rings. The molecule has 0 spiro atoms. The maximum absolute atomic E-state index is 13.0. The van der Waals surface area contributed by atoms with Crippen molar-refractivity contribution in [2.75, 3.05) is 32.1 Å².